The molecule has 5 nitrogen and oxygen atoms in total. The highest BCUT2D eigenvalue weighted by Crippen LogP contribution is 2.22. The number of thioether (sulfide) groups is 1. The topological polar surface area (TPSA) is 66.0 Å². The van der Waals surface area contributed by atoms with Crippen LogP contribution in [0.4, 0.5) is 0 Å². The molecular formula is C18H19BrN4OS. The smallest absolute Gasteiger partial charge is 0.210 e. The second-order valence-corrected chi connectivity index (χ2v) is 7.65. The summed E-state index contributed by atoms with van der Waals surface area (Å²) in [5.41, 5.74) is 3.52. The quantitative estimate of drug-likeness (QED) is 0.478. The van der Waals surface area contributed by atoms with Crippen molar-refractivity contribution in [3.8, 4) is 5.75 Å². The SMILES string of the molecule is Cc1cc(C)cc(OCc2nnc(SCc3ccc(Br)cc3)n2N)c1. The third-order valence-corrected chi connectivity index (χ3v) is 5.12. The lowest BCUT2D eigenvalue weighted by Crippen LogP contribution is -2.15. The third kappa shape index (κ3) is 4.76. The van der Waals surface area contributed by atoms with Gasteiger partial charge in [-0.1, -0.05) is 45.9 Å². The van der Waals surface area contributed by atoms with Gasteiger partial charge in [-0.15, -0.1) is 10.2 Å². The van der Waals surface area contributed by atoms with Gasteiger partial charge in [-0.2, -0.15) is 0 Å². The van der Waals surface area contributed by atoms with Crippen LogP contribution in [0.5, 0.6) is 5.75 Å². The molecule has 0 atom stereocenters. The van der Waals surface area contributed by atoms with Crippen LogP contribution in [0.3, 0.4) is 0 Å². The molecule has 3 aromatic rings. The van der Waals surface area contributed by atoms with Crippen LogP contribution in [0.25, 0.3) is 0 Å². The minimum atomic E-state index is 0.283. The number of aromatic nitrogens is 3. The second kappa shape index (κ2) is 7.93. The first-order valence-electron chi connectivity index (χ1n) is 7.79. The molecule has 1 aromatic heterocycles. The van der Waals surface area contributed by atoms with Crippen molar-refractivity contribution in [3.05, 3.63) is 69.5 Å². The highest BCUT2D eigenvalue weighted by Gasteiger charge is 2.11. The van der Waals surface area contributed by atoms with Gasteiger partial charge in [0.25, 0.3) is 0 Å². The molecule has 0 bridgehead atoms. The van der Waals surface area contributed by atoms with E-state index >= 15 is 0 Å². The maximum absolute atomic E-state index is 6.10. The molecule has 0 spiro atoms. The zero-order valence-corrected chi connectivity index (χ0v) is 16.5. The van der Waals surface area contributed by atoms with Crippen LogP contribution < -0.4 is 10.6 Å². The molecule has 0 radical (unpaired) electrons. The van der Waals surface area contributed by atoms with Gasteiger partial charge in [0.05, 0.1) is 0 Å². The summed E-state index contributed by atoms with van der Waals surface area (Å²) in [7, 11) is 0. The summed E-state index contributed by atoms with van der Waals surface area (Å²) in [5, 5.41) is 8.96. The van der Waals surface area contributed by atoms with E-state index in [9.17, 15) is 0 Å². The monoisotopic (exact) mass is 418 g/mol. The molecule has 2 aromatic carbocycles. The number of nitrogen functional groups attached to an aromatic ring is 1. The van der Waals surface area contributed by atoms with Crippen molar-refractivity contribution in [3.63, 3.8) is 0 Å². The van der Waals surface area contributed by atoms with Crippen molar-refractivity contribution >= 4 is 27.7 Å². The molecule has 0 aliphatic heterocycles. The molecule has 0 aliphatic rings. The third-order valence-electron chi connectivity index (χ3n) is 3.58. The molecule has 1 heterocycles. The van der Waals surface area contributed by atoms with Crippen molar-refractivity contribution < 1.29 is 4.74 Å². The van der Waals surface area contributed by atoms with Crippen LogP contribution >= 0.6 is 27.7 Å². The van der Waals surface area contributed by atoms with Gasteiger partial charge in [0, 0.05) is 10.2 Å². The summed E-state index contributed by atoms with van der Waals surface area (Å²) in [5.74, 6) is 8.28. The van der Waals surface area contributed by atoms with E-state index < -0.39 is 0 Å². The fourth-order valence-corrected chi connectivity index (χ4v) is 3.49. The Balaban J connectivity index is 1.61. The normalized spacial score (nSPS) is 10.8. The zero-order valence-electron chi connectivity index (χ0n) is 14.1. The number of hydrogen-bond acceptors (Lipinski definition) is 5. The van der Waals surface area contributed by atoms with Gasteiger partial charge in [-0.3, -0.25) is 0 Å². The van der Waals surface area contributed by atoms with Gasteiger partial charge in [0.15, 0.2) is 5.82 Å². The van der Waals surface area contributed by atoms with Crippen LogP contribution in [-0.2, 0) is 12.4 Å². The molecule has 3 rings (SSSR count). The molecule has 0 unspecified atom stereocenters. The lowest BCUT2D eigenvalue weighted by molar-refractivity contribution is 0.291. The maximum Gasteiger partial charge on any atom is 0.210 e. The average Bonchev–Trinajstić information content (AvgIpc) is 2.92. The summed E-state index contributed by atoms with van der Waals surface area (Å²) in [6.45, 7) is 4.37. The number of benzene rings is 2. The van der Waals surface area contributed by atoms with Crippen LogP contribution in [0.1, 0.15) is 22.5 Å². The Labute approximate surface area is 159 Å². The van der Waals surface area contributed by atoms with E-state index in [-0.39, 0.29) is 6.61 Å². The first-order chi connectivity index (χ1) is 12.0. The molecule has 7 heteroatoms. The maximum atomic E-state index is 6.10. The minimum absolute atomic E-state index is 0.283. The van der Waals surface area contributed by atoms with Crippen LogP contribution in [0.2, 0.25) is 0 Å². The van der Waals surface area contributed by atoms with Gasteiger partial charge in [-0.25, -0.2) is 4.68 Å². The van der Waals surface area contributed by atoms with Crippen LogP contribution in [0.15, 0.2) is 52.1 Å². The van der Waals surface area contributed by atoms with E-state index in [4.69, 9.17) is 10.6 Å². The Kier molecular flexibility index (Phi) is 5.65. The average molecular weight is 419 g/mol. The molecule has 2 N–H and O–H groups in total. The minimum Gasteiger partial charge on any atom is -0.486 e. The van der Waals surface area contributed by atoms with E-state index in [1.54, 1.807) is 11.8 Å². The Morgan fingerprint density at radius 2 is 1.76 bits per heavy atom. The van der Waals surface area contributed by atoms with Gasteiger partial charge < -0.3 is 10.6 Å². The molecule has 0 saturated carbocycles. The number of halogens is 1. The Morgan fingerprint density at radius 3 is 2.44 bits per heavy atom. The van der Waals surface area contributed by atoms with Gasteiger partial charge in [-0.05, 0) is 54.8 Å². The van der Waals surface area contributed by atoms with E-state index in [0.29, 0.717) is 11.0 Å². The summed E-state index contributed by atoms with van der Waals surface area (Å²) >= 11 is 4.98. The predicted octanol–water partition coefficient (Wildman–Crippen LogP) is 4.24. The first kappa shape index (κ1) is 17.8. The number of nitrogens with zero attached hydrogens (tertiary/aromatic N) is 3. The van der Waals surface area contributed by atoms with Crippen molar-refractivity contribution in [2.75, 3.05) is 5.84 Å². The zero-order chi connectivity index (χ0) is 17.8. The fraction of sp³-hybridized carbons (Fsp3) is 0.222. The van der Waals surface area contributed by atoms with E-state index in [1.165, 1.54) is 10.2 Å². The van der Waals surface area contributed by atoms with Crippen molar-refractivity contribution in [1.29, 1.82) is 0 Å². The molecule has 25 heavy (non-hydrogen) atoms. The van der Waals surface area contributed by atoms with Crippen LogP contribution in [0, 0.1) is 13.8 Å². The summed E-state index contributed by atoms with van der Waals surface area (Å²) in [6, 6.07) is 14.3. The molecular weight excluding hydrogens is 400 g/mol. The number of rotatable bonds is 6. The van der Waals surface area contributed by atoms with Crippen molar-refractivity contribution in [2.24, 2.45) is 0 Å². The van der Waals surface area contributed by atoms with Gasteiger partial charge in [0.2, 0.25) is 5.16 Å². The summed E-state index contributed by atoms with van der Waals surface area (Å²) in [6.07, 6.45) is 0. The largest absolute Gasteiger partial charge is 0.486 e. The molecule has 0 aliphatic carbocycles. The van der Waals surface area contributed by atoms with Crippen molar-refractivity contribution in [1.82, 2.24) is 14.9 Å². The van der Waals surface area contributed by atoms with Gasteiger partial charge >= 0.3 is 0 Å². The molecule has 130 valence electrons. The first-order valence-corrected chi connectivity index (χ1v) is 9.57. The highest BCUT2D eigenvalue weighted by molar-refractivity contribution is 9.10. The standard InChI is InChI=1S/C18H19BrN4OS/c1-12-7-13(2)9-16(8-12)24-10-17-21-22-18(23(17)20)25-11-14-3-5-15(19)6-4-14/h3-9H,10-11,20H2,1-2H3. The number of nitrogens with two attached hydrogens (primary N) is 1. The van der Waals surface area contributed by atoms with E-state index in [2.05, 4.69) is 44.3 Å². The summed E-state index contributed by atoms with van der Waals surface area (Å²) in [4.78, 5) is 0. The van der Waals surface area contributed by atoms with Crippen LogP contribution in [-0.4, -0.2) is 14.9 Å². The Bertz CT molecular complexity index is 844. The molecule has 0 fully saturated rings. The lowest BCUT2D eigenvalue weighted by Gasteiger charge is -2.08. The number of aryl methyl sites for hydroxylation is 2. The Morgan fingerprint density at radius 1 is 1.08 bits per heavy atom. The van der Waals surface area contributed by atoms with Crippen molar-refractivity contribution in [2.45, 2.75) is 31.4 Å². The lowest BCUT2D eigenvalue weighted by atomic mass is 10.1. The molecule has 0 amide bonds. The van der Waals surface area contributed by atoms with E-state index in [0.717, 1.165) is 27.1 Å². The Hall–Kier alpha value is -1.99. The van der Waals surface area contributed by atoms with Gasteiger partial charge in [0.1, 0.15) is 12.4 Å². The van der Waals surface area contributed by atoms with E-state index in [1.807, 2.05) is 38.1 Å². The second-order valence-electron chi connectivity index (χ2n) is 5.80. The summed E-state index contributed by atoms with van der Waals surface area (Å²) < 4.78 is 8.36. The predicted molar refractivity (Wildman–Crippen MR) is 104 cm³/mol. The molecule has 0 saturated heterocycles. The highest BCUT2D eigenvalue weighted by atomic mass is 79.9. The fourth-order valence-electron chi connectivity index (χ4n) is 2.40. The number of hydrogen-bond donors (Lipinski definition) is 1. The number of ether oxygens (including phenoxy) is 1.